The first kappa shape index (κ1) is 14.6. The predicted octanol–water partition coefficient (Wildman–Crippen LogP) is 2.21. The molecule has 7 nitrogen and oxygen atoms in total. The Labute approximate surface area is 121 Å². The van der Waals surface area contributed by atoms with Crippen LogP contribution in [0, 0.1) is 0 Å². The van der Waals surface area contributed by atoms with E-state index in [4.69, 9.17) is 18.9 Å². The van der Waals surface area contributed by atoms with Gasteiger partial charge in [-0.05, 0) is 5.56 Å². The molecule has 0 amide bonds. The zero-order chi connectivity index (χ0) is 15.1. The molecule has 1 aromatic carbocycles. The van der Waals surface area contributed by atoms with E-state index < -0.39 is 6.16 Å². The van der Waals surface area contributed by atoms with Gasteiger partial charge in [0.15, 0.2) is 0 Å². The summed E-state index contributed by atoms with van der Waals surface area (Å²) in [6.45, 7) is 0.0980. The van der Waals surface area contributed by atoms with Gasteiger partial charge >= 0.3 is 12.2 Å². The summed E-state index contributed by atoms with van der Waals surface area (Å²) in [7, 11) is 2.86. The first-order valence-corrected chi connectivity index (χ1v) is 6.07. The van der Waals surface area contributed by atoms with Gasteiger partial charge in [-0.25, -0.2) is 4.79 Å². The molecule has 2 rings (SSSR count). The van der Waals surface area contributed by atoms with Crippen molar-refractivity contribution in [1.29, 1.82) is 0 Å². The maximum atomic E-state index is 11.6. The van der Waals surface area contributed by atoms with Crippen molar-refractivity contribution in [3.63, 3.8) is 0 Å². The molecule has 0 aliphatic rings. The van der Waals surface area contributed by atoms with Crippen molar-refractivity contribution in [3.8, 4) is 17.8 Å². The molecule has 1 heterocycles. The topological polar surface area (TPSA) is 79.8 Å². The fourth-order valence-corrected chi connectivity index (χ4v) is 1.46. The lowest BCUT2D eigenvalue weighted by molar-refractivity contribution is 0.0890. The first-order valence-electron chi connectivity index (χ1n) is 6.07. The summed E-state index contributed by atoms with van der Waals surface area (Å²) in [5.74, 6) is 0.431. The number of ether oxygens (including phenoxy) is 4. The third-order valence-corrected chi connectivity index (χ3v) is 2.45. The van der Waals surface area contributed by atoms with Crippen molar-refractivity contribution in [1.82, 2.24) is 9.97 Å². The summed E-state index contributed by atoms with van der Waals surface area (Å²) in [6.07, 6.45) is -0.908. The standard InChI is InChI=1S/C14H14N2O5/c1-18-11-8-12(19-2)16-13(15-11)21-14(17)20-9-10-6-4-3-5-7-10/h3-8H,9H2,1-2H3. The third kappa shape index (κ3) is 4.34. The summed E-state index contributed by atoms with van der Waals surface area (Å²) in [6, 6.07) is 10.5. The van der Waals surface area contributed by atoms with Crippen LogP contribution in [0.3, 0.4) is 0 Å². The fraction of sp³-hybridized carbons (Fsp3) is 0.214. The summed E-state index contributed by atoms with van der Waals surface area (Å²) in [5, 5.41) is 0. The number of carbonyl (C=O) groups excluding carboxylic acids is 1. The van der Waals surface area contributed by atoms with E-state index in [-0.39, 0.29) is 24.4 Å². The number of methoxy groups -OCH3 is 2. The average Bonchev–Trinajstić information content (AvgIpc) is 2.53. The van der Waals surface area contributed by atoms with Crippen LogP contribution in [0.2, 0.25) is 0 Å². The van der Waals surface area contributed by atoms with Crippen LogP contribution >= 0.6 is 0 Å². The van der Waals surface area contributed by atoms with Crippen LogP contribution in [-0.4, -0.2) is 30.3 Å². The number of carbonyl (C=O) groups is 1. The number of hydrogen-bond acceptors (Lipinski definition) is 7. The van der Waals surface area contributed by atoms with E-state index in [1.54, 1.807) is 0 Å². The molecule has 0 radical (unpaired) electrons. The first-order chi connectivity index (χ1) is 10.2. The Morgan fingerprint density at radius 3 is 2.24 bits per heavy atom. The lowest BCUT2D eigenvalue weighted by atomic mass is 10.2. The van der Waals surface area contributed by atoms with E-state index in [0.29, 0.717) is 0 Å². The zero-order valence-electron chi connectivity index (χ0n) is 11.6. The molecule has 0 unspecified atom stereocenters. The van der Waals surface area contributed by atoms with Crippen LogP contribution < -0.4 is 14.2 Å². The molecular weight excluding hydrogens is 276 g/mol. The van der Waals surface area contributed by atoms with Crippen LogP contribution in [0.5, 0.6) is 17.8 Å². The second-order valence-corrected chi connectivity index (χ2v) is 3.86. The Hall–Kier alpha value is -2.83. The summed E-state index contributed by atoms with van der Waals surface area (Å²) < 4.78 is 19.7. The van der Waals surface area contributed by atoms with Crippen LogP contribution in [-0.2, 0) is 11.3 Å². The summed E-state index contributed by atoms with van der Waals surface area (Å²) in [4.78, 5) is 19.3. The van der Waals surface area contributed by atoms with Gasteiger partial charge in [-0.1, -0.05) is 30.3 Å². The molecule has 1 aromatic heterocycles. The van der Waals surface area contributed by atoms with E-state index in [1.807, 2.05) is 30.3 Å². The highest BCUT2D eigenvalue weighted by Crippen LogP contribution is 2.19. The lowest BCUT2D eigenvalue weighted by Gasteiger charge is -2.07. The number of benzene rings is 1. The van der Waals surface area contributed by atoms with Crippen molar-refractivity contribution in [3.05, 3.63) is 42.0 Å². The van der Waals surface area contributed by atoms with Gasteiger partial charge in [-0.2, -0.15) is 9.97 Å². The predicted molar refractivity (Wildman–Crippen MR) is 72.4 cm³/mol. The second-order valence-electron chi connectivity index (χ2n) is 3.86. The van der Waals surface area contributed by atoms with Gasteiger partial charge in [0.25, 0.3) is 0 Å². The Bertz CT molecular complexity index is 581. The Kier molecular flexibility index (Phi) is 4.92. The molecule has 0 N–H and O–H groups in total. The minimum Gasteiger partial charge on any atom is -0.481 e. The largest absolute Gasteiger partial charge is 0.516 e. The van der Waals surface area contributed by atoms with Crippen molar-refractivity contribution in [2.45, 2.75) is 6.61 Å². The van der Waals surface area contributed by atoms with Crippen molar-refractivity contribution in [2.75, 3.05) is 14.2 Å². The van der Waals surface area contributed by atoms with Crippen LogP contribution in [0.1, 0.15) is 5.56 Å². The number of nitrogens with zero attached hydrogens (tertiary/aromatic N) is 2. The van der Waals surface area contributed by atoms with E-state index >= 15 is 0 Å². The Morgan fingerprint density at radius 2 is 1.67 bits per heavy atom. The molecule has 21 heavy (non-hydrogen) atoms. The molecular formula is C14H14N2O5. The smallest absolute Gasteiger partial charge is 0.481 e. The minimum atomic E-state index is -0.908. The highest BCUT2D eigenvalue weighted by atomic mass is 16.7. The maximum Gasteiger partial charge on any atom is 0.516 e. The number of aromatic nitrogens is 2. The maximum absolute atomic E-state index is 11.6. The van der Waals surface area contributed by atoms with Gasteiger partial charge in [0, 0.05) is 0 Å². The van der Waals surface area contributed by atoms with Gasteiger partial charge in [0.1, 0.15) is 6.61 Å². The van der Waals surface area contributed by atoms with Crippen LogP contribution in [0.4, 0.5) is 4.79 Å². The highest BCUT2D eigenvalue weighted by molar-refractivity contribution is 5.62. The normalized spacial score (nSPS) is 9.81. The molecule has 110 valence electrons. The van der Waals surface area contributed by atoms with Crippen molar-refractivity contribution in [2.24, 2.45) is 0 Å². The van der Waals surface area contributed by atoms with E-state index in [1.165, 1.54) is 20.3 Å². The van der Waals surface area contributed by atoms with Gasteiger partial charge < -0.3 is 18.9 Å². The quantitative estimate of drug-likeness (QED) is 0.781. The van der Waals surface area contributed by atoms with Crippen LogP contribution in [0.15, 0.2) is 36.4 Å². The molecule has 0 bridgehead atoms. The number of hydrogen-bond donors (Lipinski definition) is 0. The number of rotatable bonds is 5. The molecule has 0 saturated heterocycles. The molecule has 0 saturated carbocycles. The average molecular weight is 290 g/mol. The lowest BCUT2D eigenvalue weighted by Crippen LogP contribution is -2.12. The molecule has 0 atom stereocenters. The van der Waals surface area contributed by atoms with Crippen molar-refractivity contribution < 1.29 is 23.7 Å². The molecule has 0 aliphatic carbocycles. The zero-order valence-corrected chi connectivity index (χ0v) is 11.6. The second kappa shape index (κ2) is 7.09. The summed E-state index contributed by atoms with van der Waals surface area (Å²) in [5.41, 5.74) is 0.846. The molecule has 7 heteroatoms. The molecule has 0 aliphatic heterocycles. The van der Waals surface area contributed by atoms with Gasteiger partial charge in [-0.15, -0.1) is 0 Å². The highest BCUT2D eigenvalue weighted by Gasteiger charge is 2.12. The SMILES string of the molecule is COc1cc(OC)nc(OC(=O)OCc2ccccc2)n1. The van der Waals surface area contributed by atoms with E-state index in [9.17, 15) is 4.79 Å². The van der Waals surface area contributed by atoms with Gasteiger partial charge in [0.2, 0.25) is 11.8 Å². The van der Waals surface area contributed by atoms with E-state index in [2.05, 4.69) is 9.97 Å². The molecule has 0 fully saturated rings. The summed E-state index contributed by atoms with van der Waals surface area (Å²) >= 11 is 0. The van der Waals surface area contributed by atoms with Gasteiger partial charge in [-0.3, -0.25) is 0 Å². The fourth-order valence-electron chi connectivity index (χ4n) is 1.46. The Balaban J connectivity index is 1.96. The third-order valence-electron chi connectivity index (χ3n) is 2.45. The van der Waals surface area contributed by atoms with Gasteiger partial charge in [0.05, 0.1) is 20.3 Å². The Morgan fingerprint density at radius 1 is 1.05 bits per heavy atom. The van der Waals surface area contributed by atoms with Crippen LogP contribution in [0.25, 0.3) is 0 Å². The monoisotopic (exact) mass is 290 g/mol. The van der Waals surface area contributed by atoms with Crippen molar-refractivity contribution >= 4 is 6.16 Å². The molecule has 2 aromatic rings. The minimum absolute atomic E-state index is 0.0980. The molecule has 0 spiro atoms. The van der Waals surface area contributed by atoms with E-state index in [0.717, 1.165) is 5.56 Å².